The molecule has 6 heteroatoms. The summed E-state index contributed by atoms with van der Waals surface area (Å²) in [6, 6.07) is 12.7. The maximum absolute atomic E-state index is 13.3. The van der Waals surface area contributed by atoms with Gasteiger partial charge in [-0.2, -0.15) is 5.26 Å². The second kappa shape index (κ2) is 9.65. The molecule has 2 aromatic rings. The quantitative estimate of drug-likeness (QED) is 0.776. The topological polar surface area (TPSA) is 67.5 Å². The van der Waals surface area contributed by atoms with Crippen LogP contribution in [0.15, 0.2) is 42.5 Å². The predicted octanol–water partition coefficient (Wildman–Crippen LogP) is 3.19. The van der Waals surface area contributed by atoms with Crippen molar-refractivity contribution in [3.8, 4) is 6.07 Å². The van der Waals surface area contributed by atoms with E-state index >= 15 is 0 Å². The van der Waals surface area contributed by atoms with Crippen molar-refractivity contribution < 1.29 is 14.6 Å². The van der Waals surface area contributed by atoms with E-state index in [2.05, 4.69) is 0 Å². The molecule has 0 fully saturated rings. The van der Waals surface area contributed by atoms with Crippen LogP contribution in [-0.2, 0) is 12.2 Å². The lowest BCUT2D eigenvalue weighted by atomic mass is 9.80. The minimum Gasteiger partial charge on any atom is -0.392 e. The number of aliphatic hydroxyl groups excluding tert-OH is 1. The van der Waals surface area contributed by atoms with Gasteiger partial charge in [-0.25, -0.2) is 4.39 Å². The Morgan fingerprint density at radius 3 is 2.35 bits per heavy atom. The molecule has 0 bridgehead atoms. The fourth-order valence-electron chi connectivity index (χ4n) is 3.01. The molecule has 2 aromatic carbocycles. The zero-order valence-corrected chi connectivity index (χ0v) is 15.8. The van der Waals surface area contributed by atoms with Gasteiger partial charge in [0, 0.05) is 0 Å². The summed E-state index contributed by atoms with van der Waals surface area (Å²) in [4.78, 5) is 2.02. The summed E-state index contributed by atoms with van der Waals surface area (Å²) < 4.78 is 13.3. The first-order chi connectivity index (χ1) is 11.9. The smallest absolute Gasteiger partial charge is 0.123 e. The van der Waals surface area contributed by atoms with E-state index in [0.717, 1.165) is 6.54 Å². The molecule has 0 aliphatic rings. The van der Waals surface area contributed by atoms with Crippen molar-refractivity contribution in [1.29, 1.82) is 5.26 Å². The first-order valence-corrected chi connectivity index (χ1v) is 8.18. The summed E-state index contributed by atoms with van der Waals surface area (Å²) in [6.07, 6.45) is 1.13. The number of nitrogens with zero attached hydrogens (tertiary/aromatic N) is 2. The number of hydrogen-bond donors (Lipinski definition) is 2. The number of aliphatic hydroxyl groups is 2. The van der Waals surface area contributed by atoms with E-state index in [1.54, 1.807) is 30.3 Å². The molecular formula is C20H24ClFN2O2. The Hall–Kier alpha value is -1.97. The van der Waals surface area contributed by atoms with Crippen molar-refractivity contribution in [2.75, 3.05) is 20.6 Å². The normalized spacial score (nSPS) is 13.0. The van der Waals surface area contributed by atoms with Gasteiger partial charge in [-0.1, -0.05) is 18.2 Å². The van der Waals surface area contributed by atoms with Gasteiger partial charge in [-0.3, -0.25) is 0 Å². The standard InChI is InChI=1S/C20H23FN2O2.ClH/c1-23(2)11-3-10-20(25,17-5-7-18(21)8-6-17)19-9-4-15(13-22)12-16(19)14-24;/h4-9,12,24-25H,3,10-11,14H2,1-2H3;1H. The lowest BCUT2D eigenvalue weighted by molar-refractivity contribution is 0.0641. The lowest BCUT2D eigenvalue weighted by Gasteiger charge is -2.32. The van der Waals surface area contributed by atoms with Gasteiger partial charge in [-0.15, -0.1) is 12.4 Å². The number of halogens is 2. The largest absolute Gasteiger partial charge is 0.392 e. The molecule has 0 saturated heterocycles. The predicted molar refractivity (Wildman–Crippen MR) is 102 cm³/mol. The van der Waals surface area contributed by atoms with Crippen LogP contribution in [0.5, 0.6) is 0 Å². The van der Waals surface area contributed by atoms with Crippen molar-refractivity contribution in [3.63, 3.8) is 0 Å². The van der Waals surface area contributed by atoms with E-state index < -0.39 is 5.60 Å². The molecule has 0 aromatic heterocycles. The molecule has 1 unspecified atom stereocenters. The van der Waals surface area contributed by atoms with Crippen LogP contribution >= 0.6 is 12.4 Å². The number of benzene rings is 2. The Morgan fingerprint density at radius 1 is 1.15 bits per heavy atom. The molecule has 0 saturated carbocycles. The molecule has 26 heavy (non-hydrogen) atoms. The van der Waals surface area contributed by atoms with E-state index in [1.807, 2.05) is 25.1 Å². The van der Waals surface area contributed by atoms with Gasteiger partial charge in [0.2, 0.25) is 0 Å². The van der Waals surface area contributed by atoms with Gasteiger partial charge in [0.25, 0.3) is 0 Å². The highest BCUT2D eigenvalue weighted by Crippen LogP contribution is 2.36. The van der Waals surface area contributed by atoms with E-state index in [4.69, 9.17) is 5.26 Å². The van der Waals surface area contributed by atoms with Crippen LogP contribution < -0.4 is 0 Å². The molecule has 1 atom stereocenters. The fourth-order valence-corrected chi connectivity index (χ4v) is 3.01. The number of nitriles is 1. The molecule has 0 radical (unpaired) electrons. The van der Waals surface area contributed by atoms with Crippen LogP contribution in [0.2, 0.25) is 0 Å². The minimum absolute atomic E-state index is 0. The summed E-state index contributed by atoms with van der Waals surface area (Å²) in [5.74, 6) is -0.374. The Kier molecular flexibility index (Phi) is 8.19. The monoisotopic (exact) mass is 378 g/mol. The summed E-state index contributed by atoms with van der Waals surface area (Å²) in [5, 5.41) is 30.3. The third-order valence-electron chi connectivity index (χ3n) is 4.32. The molecule has 4 nitrogen and oxygen atoms in total. The average Bonchev–Trinajstić information content (AvgIpc) is 2.61. The molecule has 0 heterocycles. The lowest BCUT2D eigenvalue weighted by Crippen LogP contribution is -2.30. The van der Waals surface area contributed by atoms with Gasteiger partial charge >= 0.3 is 0 Å². The Bertz CT molecular complexity index is 759. The summed E-state index contributed by atoms with van der Waals surface area (Å²) in [5.41, 5.74) is 0.653. The highest BCUT2D eigenvalue weighted by molar-refractivity contribution is 5.85. The molecule has 140 valence electrons. The van der Waals surface area contributed by atoms with Crippen LogP contribution in [-0.4, -0.2) is 35.8 Å². The van der Waals surface area contributed by atoms with Crippen LogP contribution in [0.3, 0.4) is 0 Å². The Labute approximate surface area is 159 Å². The Morgan fingerprint density at radius 2 is 1.81 bits per heavy atom. The van der Waals surface area contributed by atoms with Crippen LogP contribution in [0, 0.1) is 17.1 Å². The van der Waals surface area contributed by atoms with Crippen molar-refractivity contribution >= 4 is 12.4 Å². The molecule has 0 aliphatic heterocycles. The van der Waals surface area contributed by atoms with Crippen LogP contribution in [0.4, 0.5) is 4.39 Å². The van der Waals surface area contributed by atoms with Crippen LogP contribution in [0.1, 0.15) is 35.1 Å². The summed E-state index contributed by atoms with van der Waals surface area (Å²) >= 11 is 0. The number of rotatable bonds is 7. The average molecular weight is 379 g/mol. The van der Waals surface area contributed by atoms with E-state index in [-0.39, 0.29) is 24.8 Å². The van der Waals surface area contributed by atoms with Crippen molar-refractivity contribution in [1.82, 2.24) is 4.90 Å². The summed E-state index contributed by atoms with van der Waals surface area (Å²) in [7, 11) is 3.91. The van der Waals surface area contributed by atoms with Crippen molar-refractivity contribution in [2.24, 2.45) is 0 Å². The molecule has 0 spiro atoms. The Balaban J connectivity index is 0.00000338. The SMILES string of the molecule is CN(C)CCCC(O)(c1ccc(F)cc1)c1ccc(C#N)cc1CO.Cl. The van der Waals surface area contributed by atoms with Crippen LogP contribution in [0.25, 0.3) is 0 Å². The molecule has 0 aliphatic carbocycles. The fraction of sp³-hybridized carbons (Fsp3) is 0.350. The summed E-state index contributed by atoms with van der Waals surface area (Å²) in [6.45, 7) is 0.496. The molecular weight excluding hydrogens is 355 g/mol. The van der Waals surface area contributed by atoms with E-state index in [9.17, 15) is 14.6 Å². The van der Waals surface area contributed by atoms with Gasteiger partial charge in [0.1, 0.15) is 11.4 Å². The second-order valence-electron chi connectivity index (χ2n) is 6.42. The first-order valence-electron chi connectivity index (χ1n) is 8.18. The maximum atomic E-state index is 13.3. The van der Waals surface area contributed by atoms with Gasteiger partial charge < -0.3 is 15.1 Å². The van der Waals surface area contributed by atoms with Crippen molar-refractivity contribution in [3.05, 3.63) is 70.5 Å². The van der Waals surface area contributed by atoms with Crippen molar-refractivity contribution in [2.45, 2.75) is 25.0 Å². The first kappa shape index (κ1) is 22.1. The number of hydrogen-bond acceptors (Lipinski definition) is 4. The van der Waals surface area contributed by atoms with Gasteiger partial charge in [0.05, 0.1) is 18.2 Å². The molecule has 2 rings (SSSR count). The second-order valence-corrected chi connectivity index (χ2v) is 6.42. The molecule has 2 N–H and O–H groups in total. The zero-order chi connectivity index (χ0) is 18.4. The minimum atomic E-state index is -1.37. The van der Waals surface area contributed by atoms with E-state index in [1.165, 1.54) is 12.1 Å². The van der Waals surface area contributed by atoms with Gasteiger partial charge in [0.15, 0.2) is 0 Å². The van der Waals surface area contributed by atoms with Gasteiger partial charge in [-0.05, 0) is 74.4 Å². The molecule has 0 amide bonds. The maximum Gasteiger partial charge on any atom is 0.123 e. The zero-order valence-electron chi connectivity index (χ0n) is 14.9. The van der Waals surface area contributed by atoms with E-state index in [0.29, 0.717) is 35.1 Å². The third kappa shape index (κ3) is 5.03. The highest BCUT2D eigenvalue weighted by atomic mass is 35.5. The third-order valence-corrected chi connectivity index (χ3v) is 4.32. The highest BCUT2D eigenvalue weighted by Gasteiger charge is 2.33.